The van der Waals surface area contributed by atoms with Crippen LogP contribution in [-0.4, -0.2) is 12.3 Å². The van der Waals surface area contributed by atoms with Crippen LogP contribution in [0.3, 0.4) is 0 Å². The molecule has 0 unspecified atom stereocenters. The first-order valence-electron chi connectivity index (χ1n) is 4.26. The van der Waals surface area contributed by atoms with Crippen molar-refractivity contribution in [2.45, 2.75) is 13.3 Å². The zero-order valence-corrected chi connectivity index (χ0v) is 9.10. The Hall–Kier alpha value is -1.16. The van der Waals surface area contributed by atoms with Crippen LogP contribution in [0.5, 0.6) is 0 Å². The van der Waals surface area contributed by atoms with Gasteiger partial charge in [-0.1, -0.05) is 24.3 Å². The maximum atomic E-state index is 10.8. The van der Waals surface area contributed by atoms with Gasteiger partial charge >= 0.3 is 0 Å². The van der Waals surface area contributed by atoms with Crippen LogP contribution in [0.15, 0.2) is 35.3 Å². The maximum absolute atomic E-state index is 10.8. The van der Waals surface area contributed by atoms with Gasteiger partial charge in [0.2, 0.25) is 0 Å². The minimum absolute atomic E-state index is 0.395. The number of carbonyl (C=O) groups excluding carboxylic acids is 1. The summed E-state index contributed by atoms with van der Waals surface area (Å²) in [5, 5.41) is 2.21. The highest BCUT2D eigenvalue weighted by Gasteiger charge is 2.09. The summed E-state index contributed by atoms with van der Waals surface area (Å²) >= 11 is 3.66. The lowest BCUT2D eigenvalue weighted by molar-refractivity contribution is 0.259. The van der Waals surface area contributed by atoms with Gasteiger partial charge < -0.3 is 10.1 Å². The molecule has 0 saturated carbocycles. The number of methoxy groups -OCH3 is 1. The minimum atomic E-state index is -0.395. The van der Waals surface area contributed by atoms with Crippen molar-refractivity contribution in [2.24, 2.45) is 0 Å². The fourth-order valence-corrected chi connectivity index (χ4v) is 1.35. The Kier molecular flexibility index (Phi) is 3.83. The van der Waals surface area contributed by atoms with Crippen LogP contribution < -0.4 is 5.32 Å². The molecule has 4 heteroatoms. The van der Waals surface area contributed by atoms with Crippen molar-refractivity contribution >= 4 is 17.9 Å². The van der Waals surface area contributed by atoms with E-state index in [9.17, 15) is 4.79 Å². The molecule has 1 rings (SSSR count). The SMILES string of the molecule is COC1=CCC=C(C)C=C1NC(=O)S. The van der Waals surface area contributed by atoms with Crippen LogP contribution in [0.1, 0.15) is 13.3 Å². The van der Waals surface area contributed by atoms with E-state index in [0.717, 1.165) is 12.0 Å². The lowest BCUT2D eigenvalue weighted by Gasteiger charge is -2.09. The van der Waals surface area contributed by atoms with Crippen LogP contribution in [0, 0.1) is 0 Å². The number of ether oxygens (including phenoxy) is 1. The third-order valence-corrected chi connectivity index (χ3v) is 1.95. The van der Waals surface area contributed by atoms with Crippen molar-refractivity contribution < 1.29 is 9.53 Å². The first-order chi connectivity index (χ1) is 6.63. The van der Waals surface area contributed by atoms with E-state index in [4.69, 9.17) is 4.74 Å². The molecule has 0 bridgehead atoms. The van der Waals surface area contributed by atoms with E-state index in [1.807, 2.05) is 19.1 Å². The van der Waals surface area contributed by atoms with E-state index in [2.05, 4.69) is 24.0 Å². The predicted octanol–water partition coefficient (Wildman–Crippen LogP) is 2.39. The smallest absolute Gasteiger partial charge is 0.280 e. The molecule has 0 aliphatic heterocycles. The minimum Gasteiger partial charge on any atom is -0.495 e. The van der Waals surface area contributed by atoms with E-state index in [0.29, 0.717) is 11.5 Å². The van der Waals surface area contributed by atoms with Gasteiger partial charge in [0.15, 0.2) is 0 Å². The molecular formula is C10H13NO2S. The van der Waals surface area contributed by atoms with Crippen LogP contribution in [-0.2, 0) is 4.74 Å². The summed E-state index contributed by atoms with van der Waals surface area (Å²) < 4.78 is 5.14. The van der Waals surface area contributed by atoms with Gasteiger partial charge in [-0.2, -0.15) is 0 Å². The van der Waals surface area contributed by atoms with Crippen molar-refractivity contribution in [2.75, 3.05) is 7.11 Å². The van der Waals surface area contributed by atoms with Gasteiger partial charge in [0, 0.05) is 0 Å². The molecule has 0 atom stereocenters. The van der Waals surface area contributed by atoms with Gasteiger partial charge in [-0.15, -0.1) is 0 Å². The molecular weight excluding hydrogens is 198 g/mol. The largest absolute Gasteiger partial charge is 0.495 e. The first-order valence-corrected chi connectivity index (χ1v) is 4.71. The third kappa shape index (κ3) is 2.96. The zero-order chi connectivity index (χ0) is 10.6. The number of allylic oxidation sites excluding steroid dienone is 4. The number of thiol groups is 1. The Morgan fingerprint density at radius 1 is 1.57 bits per heavy atom. The highest BCUT2D eigenvalue weighted by Crippen LogP contribution is 2.16. The monoisotopic (exact) mass is 211 g/mol. The zero-order valence-electron chi connectivity index (χ0n) is 8.20. The maximum Gasteiger partial charge on any atom is 0.280 e. The number of hydrogen-bond acceptors (Lipinski definition) is 2. The molecule has 0 fully saturated rings. The van der Waals surface area contributed by atoms with E-state index in [1.54, 1.807) is 7.11 Å². The summed E-state index contributed by atoms with van der Waals surface area (Å²) in [5.41, 5.74) is 1.74. The summed E-state index contributed by atoms with van der Waals surface area (Å²) in [4.78, 5) is 10.8. The van der Waals surface area contributed by atoms with Crippen LogP contribution in [0.2, 0.25) is 0 Å². The highest BCUT2D eigenvalue weighted by atomic mass is 32.1. The van der Waals surface area contributed by atoms with Gasteiger partial charge in [-0.25, -0.2) is 0 Å². The summed E-state index contributed by atoms with van der Waals surface area (Å²) in [7, 11) is 1.57. The van der Waals surface area contributed by atoms with Crippen molar-refractivity contribution in [3.05, 3.63) is 35.3 Å². The fraction of sp³-hybridized carbons (Fsp3) is 0.300. The molecule has 14 heavy (non-hydrogen) atoms. The first kappa shape index (κ1) is 10.9. The highest BCUT2D eigenvalue weighted by molar-refractivity contribution is 7.96. The van der Waals surface area contributed by atoms with Gasteiger partial charge in [0.1, 0.15) is 5.76 Å². The summed E-state index contributed by atoms with van der Waals surface area (Å²) in [5.74, 6) is 0.667. The number of hydrogen-bond donors (Lipinski definition) is 2. The average molecular weight is 211 g/mol. The number of rotatable bonds is 2. The van der Waals surface area contributed by atoms with E-state index >= 15 is 0 Å². The summed E-state index contributed by atoms with van der Waals surface area (Å²) in [6.45, 7) is 1.97. The molecule has 0 saturated heterocycles. The molecule has 3 nitrogen and oxygen atoms in total. The predicted molar refractivity (Wildman–Crippen MR) is 59.1 cm³/mol. The molecule has 0 radical (unpaired) electrons. The van der Waals surface area contributed by atoms with E-state index < -0.39 is 5.24 Å². The Morgan fingerprint density at radius 3 is 2.86 bits per heavy atom. The topological polar surface area (TPSA) is 38.3 Å². The second kappa shape index (κ2) is 4.91. The number of nitrogens with one attached hydrogen (secondary N) is 1. The Bertz CT molecular complexity index is 329. The molecule has 0 aromatic heterocycles. The molecule has 0 aromatic carbocycles. The average Bonchev–Trinajstić information content (AvgIpc) is 2.26. The van der Waals surface area contributed by atoms with Crippen molar-refractivity contribution in [1.82, 2.24) is 5.32 Å². The molecule has 76 valence electrons. The van der Waals surface area contributed by atoms with Crippen molar-refractivity contribution in [1.29, 1.82) is 0 Å². The van der Waals surface area contributed by atoms with Gasteiger partial charge in [-0.3, -0.25) is 4.79 Å². The summed E-state index contributed by atoms with van der Waals surface area (Å²) in [6, 6.07) is 0. The molecule has 1 N–H and O–H groups in total. The van der Waals surface area contributed by atoms with E-state index in [1.165, 1.54) is 0 Å². The van der Waals surface area contributed by atoms with Crippen molar-refractivity contribution in [3.8, 4) is 0 Å². The Balaban J connectivity index is 2.93. The van der Waals surface area contributed by atoms with Crippen LogP contribution >= 0.6 is 12.6 Å². The van der Waals surface area contributed by atoms with Crippen LogP contribution in [0.25, 0.3) is 0 Å². The Labute approximate surface area is 88.9 Å². The fourth-order valence-electron chi connectivity index (χ4n) is 1.23. The quantitative estimate of drug-likeness (QED) is 0.688. The number of amides is 1. The lowest BCUT2D eigenvalue weighted by Crippen LogP contribution is -2.18. The second-order valence-corrected chi connectivity index (χ2v) is 3.35. The molecule has 0 spiro atoms. The normalized spacial score (nSPS) is 16.1. The van der Waals surface area contributed by atoms with Gasteiger partial charge in [0.25, 0.3) is 5.24 Å². The molecule has 0 heterocycles. The standard InChI is InChI=1S/C10H13NO2S/c1-7-4-3-5-9(13-2)8(6-7)11-10(12)14/h4-6H,3H2,1-2H3,(H2,11,12,14). The van der Waals surface area contributed by atoms with Crippen LogP contribution in [0.4, 0.5) is 4.79 Å². The third-order valence-electron chi connectivity index (χ3n) is 1.84. The van der Waals surface area contributed by atoms with Gasteiger partial charge in [0.05, 0.1) is 12.8 Å². The second-order valence-electron chi connectivity index (χ2n) is 2.94. The van der Waals surface area contributed by atoms with Crippen molar-refractivity contribution in [3.63, 3.8) is 0 Å². The molecule has 0 aromatic rings. The Morgan fingerprint density at radius 2 is 2.29 bits per heavy atom. The molecule has 1 aliphatic rings. The van der Waals surface area contributed by atoms with E-state index in [-0.39, 0.29) is 0 Å². The molecule has 1 amide bonds. The lowest BCUT2D eigenvalue weighted by atomic mass is 10.2. The number of carbonyl (C=O) groups is 1. The molecule has 1 aliphatic carbocycles. The van der Waals surface area contributed by atoms with Gasteiger partial charge in [-0.05, 0) is 25.5 Å². The summed E-state index contributed by atoms with van der Waals surface area (Å²) in [6.07, 6.45) is 6.62.